The zero-order valence-electron chi connectivity index (χ0n) is 12.9. The van der Waals surface area contributed by atoms with Crippen LogP contribution in [0.2, 0.25) is 0 Å². The van der Waals surface area contributed by atoms with Crippen LogP contribution in [-0.2, 0) is 11.3 Å². The van der Waals surface area contributed by atoms with E-state index in [9.17, 15) is 0 Å². The Morgan fingerprint density at radius 2 is 2.29 bits per heavy atom. The predicted molar refractivity (Wildman–Crippen MR) is 80.9 cm³/mol. The number of aromatic amines is 1. The molecule has 0 aliphatic carbocycles. The lowest BCUT2D eigenvalue weighted by atomic mass is 9.94. The van der Waals surface area contributed by atoms with Gasteiger partial charge in [0, 0.05) is 24.8 Å². The zero-order chi connectivity index (χ0) is 14.9. The summed E-state index contributed by atoms with van der Waals surface area (Å²) < 4.78 is 11.4. The van der Waals surface area contributed by atoms with Crippen LogP contribution in [0.3, 0.4) is 0 Å². The fourth-order valence-corrected chi connectivity index (χ4v) is 2.89. The summed E-state index contributed by atoms with van der Waals surface area (Å²) in [4.78, 5) is 0. The minimum atomic E-state index is -0.0345. The van der Waals surface area contributed by atoms with Gasteiger partial charge in [-0.2, -0.15) is 5.10 Å². The monoisotopic (exact) mass is 289 g/mol. The lowest BCUT2D eigenvalue weighted by Crippen LogP contribution is -2.43. The summed E-state index contributed by atoms with van der Waals surface area (Å²) in [7, 11) is 0. The lowest BCUT2D eigenvalue weighted by molar-refractivity contribution is -0.0630. The molecule has 21 heavy (non-hydrogen) atoms. The largest absolute Gasteiger partial charge is 0.460 e. The van der Waals surface area contributed by atoms with Gasteiger partial charge in [0.15, 0.2) is 5.76 Å². The number of H-pyrrole nitrogens is 1. The topological polar surface area (TPSA) is 63.1 Å². The number of furan rings is 1. The van der Waals surface area contributed by atoms with Gasteiger partial charge in [-0.3, -0.25) is 5.10 Å². The number of aryl methyl sites for hydroxylation is 1. The summed E-state index contributed by atoms with van der Waals surface area (Å²) in [5, 5.41) is 10.8. The highest BCUT2D eigenvalue weighted by Crippen LogP contribution is 2.26. The molecule has 114 valence electrons. The Morgan fingerprint density at radius 1 is 1.43 bits per heavy atom. The number of hydrogen-bond acceptors (Lipinski definition) is 4. The van der Waals surface area contributed by atoms with Crippen molar-refractivity contribution in [3.63, 3.8) is 0 Å². The van der Waals surface area contributed by atoms with Crippen LogP contribution in [-0.4, -0.2) is 28.4 Å². The highest BCUT2D eigenvalue weighted by Gasteiger charge is 2.28. The number of nitrogens with zero attached hydrogens (tertiary/aromatic N) is 1. The molecular formula is C16H23N3O2. The van der Waals surface area contributed by atoms with Crippen LogP contribution in [0.25, 0.3) is 11.5 Å². The van der Waals surface area contributed by atoms with Crippen molar-refractivity contribution >= 4 is 0 Å². The van der Waals surface area contributed by atoms with E-state index in [0.29, 0.717) is 6.04 Å². The Morgan fingerprint density at radius 3 is 3.00 bits per heavy atom. The standard InChI is InChI=1S/C16H23N3O2/c1-11-4-5-14(21-11)15-12(10-18-19-15)9-17-13-6-7-20-16(2,3)8-13/h4-5,10,13,17H,6-9H2,1-3H3,(H,18,19). The summed E-state index contributed by atoms with van der Waals surface area (Å²) in [6, 6.07) is 4.42. The number of ether oxygens (including phenoxy) is 1. The van der Waals surface area contributed by atoms with Crippen LogP contribution in [0.15, 0.2) is 22.7 Å². The van der Waals surface area contributed by atoms with Gasteiger partial charge in [-0.25, -0.2) is 0 Å². The van der Waals surface area contributed by atoms with E-state index in [4.69, 9.17) is 9.15 Å². The highest BCUT2D eigenvalue weighted by molar-refractivity contribution is 5.56. The van der Waals surface area contributed by atoms with Gasteiger partial charge in [0.05, 0.1) is 11.8 Å². The summed E-state index contributed by atoms with van der Waals surface area (Å²) in [5.74, 6) is 1.75. The quantitative estimate of drug-likeness (QED) is 0.908. The Kier molecular flexibility index (Phi) is 3.87. The van der Waals surface area contributed by atoms with Crippen molar-refractivity contribution in [2.75, 3.05) is 6.61 Å². The predicted octanol–water partition coefficient (Wildman–Crippen LogP) is 3.03. The van der Waals surface area contributed by atoms with Gasteiger partial charge in [0.25, 0.3) is 0 Å². The molecule has 1 unspecified atom stereocenters. The molecule has 2 N–H and O–H groups in total. The van der Waals surface area contributed by atoms with Crippen LogP contribution in [0.4, 0.5) is 0 Å². The van der Waals surface area contributed by atoms with Crippen molar-refractivity contribution in [2.45, 2.75) is 51.8 Å². The Balaban J connectivity index is 1.65. The Labute approximate surface area is 125 Å². The summed E-state index contributed by atoms with van der Waals surface area (Å²) in [5.41, 5.74) is 2.06. The van der Waals surface area contributed by atoms with Gasteiger partial charge < -0.3 is 14.5 Å². The molecule has 0 amide bonds. The molecule has 5 nitrogen and oxygen atoms in total. The molecule has 3 rings (SSSR count). The SMILES string of the molecule is Cc1ccc(-c2[nH]ncc2CNC2CCOC(C)(C)C2)o1. The van der Waals surface area contributed by atoms with E-state index in [2.05, 4.69) is 29.4 Å². The third-order valence-corrected chi connectivity index (χ3v) is 3.98. The van der Waals surface area contributed by atoms with Gasteiger partial charge in [0.2, 0.25) is 0 Å². The molecule has 0 bridgehead atoms. The van der Waals surface area contributed by atoms with Crippen molar-refractivity contribution in [2.24, 2.45) is 0 Å². The van der Waals surface area contributed by atoms with Gasteiger partial charge in [-0.05, 0) is 45.7 Å². The molecule has 0 saturated carbocycles. The second-order valence-electron chi connectivity index (χ2n) is 6.36. The molecule has 2 aromatic heterocycles. The van der Waals surface area contributed by atoms with E-state index in [-0.39, 0.29) is 5.60 Å². The highest BCUT2D eigenvalue weighted by atomic mass is 16.5. The van der Waals surface area contributed by atoms with Crippen molar-refractivity contribution in [3.05, 3.63) is 29.7 Å². The first kappa shape index (κ1) is 14.4. The van der Waals surface area contributed by atoms with Crippen LogP contribution in [0.5, 0.6) is 0 Å². The second kappa shape index (κ2) is 5.66. The molecule has 1 saturated heterocycles. The fourth-order valence-electron chi connectivity index (χ4n) is 2.89. The second-order valence-corrected chi connectivity index (χ2v) is 6.36. The molecule has 5 heteroatoms. The Bertz CT molecular complexity index is 600. The van der Waals surface area contributed by atoms with Crippen molar-refractivity contribution in [1.29, 1.82) is 0 Å². The molecule has 0 spiro atoms. The fraction of sp³-hybridized carbons (Fsp3) is 0.562. The summed E-state index contributed by atoms with van der Waals surface area (Å²) >= 11 is 0. The van der Waals surface area contributed by atoms with E-state index in [1.807, 2.05) is 25.3 Å². The first-order valence-corrected chi connectivity index (χ1v) is 7.50. The van der Waals surface area contributed by atoms with Crippen molar-refractivity contribution in [3.8, 4) is 11.5 Å². The zero-order valence-corrected chi connectivity index (χ0v) is 12.9. The molecule has 0 aromatic carbocycles. The summed E-state index contributed by atoms with van der Waals surface area (Å²) in [6.07, 6.45) is 3.95. The average Bonchev–Trinajstić information content (AvgIpc) is 3.03. The number of hydrogen-bond donors (Lipinski definition) is 2. The van der Waals surface area contributed by atoms with Gasteiger partial charge in [0.1, 0.15) is 11.5 Å². The molecule has 0 radical (unpaired) electrons. The van der Waals surface area contributed by atoms with Crippen LogP contribution in [0, 0.1) is 6.92 Å². The number of nitrogens with one attached hydrogen (secondary N) is 2. The van der Waals surface area contributed by atoms with E-state index in [1.165, 1.54) is 0 Å². The van der Waals surface area contributed by atoms with Gasteiger partial charge >= 0.3 is 0 Å². The third-order valence-electron chi connectivity index (χ3n) is 3.98. The maximum Gasteiger partial charge on any atom is 0.152 e. The van der Waals surface area contributed by atoms with Crippen LogP contribution >= 0.6 is 0 Å². The molecule has 1 aliphatic heterocycles. The Hall–Kier alpha value is -1.59. The lowest BCUT2D eigenvalue weighted by Gasteiger charge is -2.36. The minimum absolute atomic E-state index is 0.0345. The summed E-state index contributed by atoms with van der Waals surface area (Å²) in [6.45, 7) is 7.85. The van der Waals surface area contributed by atoms with Gasteiger partial charge in [-0.1, -0.05) is 0 Å². The van der Waals surface area contributed by atoms with Gasteiger partial charge in [-0.15, -0.1) is 0 Å². The first-order chi connectivity index (χ1) is 10.0. The maximum atomic E-state index is 5.75. The first-order valence-electron chi connectivity index (χ1n) is 7.50. The number of rotatable bonds is 4. The van der Waals surface area contributed by atoms with E-state index < -0.39 is 0 Å². The van der Waals surface area contributed by atoms with Crippen molar-refractivity contribution < 1.29 is 9.15 Å². The third kappa shape index (κ3) is 3.36. The maximum absolute atomic E-state index is 5.75. The van der Waals surface area contributed by atoms with E-state index >= 15 is 0 Å². The molecule has 1 atom stereocenters. The van der Waals surface area contributed by atoms with E-state index in [0.717, 1.165) is 48.8 Å². The molecule has 1 fully saturated rings. The number of aromatic nitrogens is 2. The average molecular weight is 289 g/mol. The smallest absolute Gasteiger partial charge is 0.152 e. The molecule has 1 aliphatic rings. The van der Waals surface area contributed by atoms with E-state index in [1.54, 1.807) is 0 Å². The van der Waals surface area contributed by atoms with Crippen LogP contribution < -0.4 is 5.32 Å². The molecular weight excluding hydrogens is 266 g/mol. The van der Waals surface area contributed by atoms with Crippen LogP contribution in [0.1, 0.15) is 38.0 Å². The molecule has 2 aromatic rings. The minimum Gasteiger partial charge on any atom is -0.460 e. The molecule has 3 heterocycles. The normalized spacial score (nSPS) is 21.6. The van der Waals surface area contributed by atoms with Crippen molar-refractivity contribution in [1.82, 2.24) is 15.5 Å².